The Bertz CT molecular complexity index is 636. The summed E-state index contributed by atoms with van der Waals surface area (Å²) in [6.45, 7) is 3.13. The van der Waals surface area contributed by atoms with Crippen LogP contribution in [0.1, 0.15) is 28.6 Å². The Morgan fingerprint density at radius 3 is 2.52 bits per heavy atom. The molecule has 0 aromatic carbocycles. The Morgan fingerprint density at radius 2 is 2.05 bits per heavy atom. The van der Waals surface area contributed by atoms with Crippen molar-refractivity contribution in [1.82, 2.24) is 9.62 Å². The quantitative estimate of drug-likeness (QED) is 0.771. The molecule has 1 rings (SSSR count). The zero-order valence-corrected chi connectivity index (χ0v) is 13.7. The number of rotatable bonds is 7. The van der Waals surface area contributed by atoms with E-state index in [-0.39, 0.29) is 22.9 Å². The van der Waals surface area contributed by atoms with E-state index >= 15 is 0 Å². The van der Waals surface area contributed by atoms with Crippen LogP contribution in [-0.4, -0.2) is 49.8 Å². The number of likely N-dealkylation sites (N-methyl/N-ethyl adjacent to an activating group) is 1. The molecule has 21 heavy (non-hydrogen) atoms. The van der Waals surface area contributed by atoms with Gasteiger partial charge in [-0.2, -0.15) is 4.31 Å². The fourth-order valence-electron chi connectivity index (χ4n) is 1.80. The number of carbonyl (C=O) groups is 2. The summed E-state index contributed by atoms with van der Waals surface area (Å²) < 4.78 is 26.3. The molecule has 9 heteroatoms. The molecule has 0 spiro atoms. The van der Waals surface area contributed by atoms with Crippen molar-refractivity contribution >= 4 is 33.2 Å². The number of nitrogens with zero attached hydrogens (tertiary/aromatic N) is 1. The second-order valence-electron chi connectivity index (χ2n) is 4.39. The Balaban J connectivity index is 3.32. The van der Waals surface area contributed by atoms with Gasteiger partial charge in [-0.05, 0) is 24.3 Å². The molecule has 1 heterocycles. The summed E-state index contributed by atoms with van der Waals surface area (Å²) in [6.07, 6.45) is 0.516. The maximum Gasteiger partial charge on any atom is 0.347 e. The van der Waals surface area contributed by atoms with Crippen LogP contribution in [0.2, 0.25) is 0 Å². The van der Waals surface area contributed by atoms with Gasteiger partial charge >= 0.3 is 5.97 Å². The molecule has 0 unspecified atom stereocenters. The van der Waals surface area contributed by atoms with Gasteiger partial charge in [0.2, 0.25) is 15.9 Å². The van der Waals surface area contributed by atoms with E-state index < -0.39 is 21.9 Å². The number of nitrogens with one attached hydrogen (secondary N) is 1. The third kappa shape index (κ3) is 3.80. The highest BCUT2D eigenvalue weighted by Gasteiger charge is 2.32. The molecular weight excluding hydrogens is 316 g/mol. The monoisotopic (exact) mass is 334 g/mol. The molecule has 0 saturated heterocycles. The number of hydrogen-bond donors (Lipinski definition) is 2. The van der Waals surface area contributed by atoms with Gasteiger partial charge in [0.15, 0.2) is 0 Å². The van der Waals surface area contributed by atoms with Gasteiger partial charge in [0.25, 0.3) is 0 Å². The van der Waals surface area contributed by atoms with Gasteiger partial charge in [-0.15, -0.1) is 11.3 Å². The van der Waals surface area contributed by atoms with Crippen molar-refractivity contribution in [1.29, 1.82) is 0 Å². The van der Waals surface area contributed by atoms with E-state index in [0.29, 0.717) is 12.0 Å². The molecule has 1 aromatic heterocycles. The van der Waals surface area contributed by atoms with Crippen LogP contribution in [0.3, 0.4) is 0 Å². The predicted molar refractivity (Wildman–Crippen MR) is 79.1 cm³/mol. The van der Waals surface area contributed by atoms with E-state index in [2.05, 4.69) is 5.32 Å². The molecule has 0 aliphatic rings. The van der Waals surface area contributed by atoms with Crippen molar-refractivity contribution in [3.8, 4) is 0 Å². The minimum atomic E-state index is -4.03. The number of sulfonamides is 1. The summed E-state index contributed by atoms with van der Waals surface area (Å²) in [5, 5.41) is 13.0. The van der Waals surface area contributed by atoms with Crippen molar-refractivity contribution in [2.24, 2.45) is 0 Å². The highest BCUT2D eigenvalue weighted by Crippen LogP contribution is 2.29. The minimum absolute atomic E-state index is 0.143. The number of aromatic carboxylic acids is 1. The lowest BCUT2D eigenvalue weighted by atomic mass is 10.3. The Hall–Kier alpha value is -1.45. The first-order valence-electron chi connectivity index (χ1n) is 6.27. The highest BCUT2D eigenvalue weighted by molar-refractivity contribution is 7.89. The van der Waals surface area contributed by atoms with Gasteiger partial charge in [0.1, 0.15) is 9.77 Å². The van der Waals surface area contributed by atoms with E-state index in [1.54, 1.807) is 13.8 Å². The first kappa shape index (κ1) is 17.6. The van der Waals surface area contributed by atoms with Gasteiger partial charge < -0.3 is 10.4 Å². The average Bonchev–Trinajstić information content (AvgIpc) is 2.80. The fraction of sp³-hybridized carbons (Fsp3) is 0.500. The van der Waals surface area contributed by atoms with Gasteiger partial charge in [0, 0.05) is 13.6 Å². The normalized spacial score (nSPS) is 11.6. The molecule has 0 fully saturated rings. The van der Waals surface area contributed by atoms with Crippen LogP contribution in [-0.2, 0) is 14.8 Å². The average molecular weight is 334 g/mol. The summed E-state index contributed by atoms with van der Waals surface area (Å²) in [6, 6.07) is 0. The molecule has 1 amide bonds. The van der Waals surface area contributed by atoms with Gasteiger partial charge in [-0.3, -0.25) is 4.79 Å². The van der Waals surface area contributed by atoms with E-state index in [9.17, 15) is 18.0 Å². The van der Waals surface area contributed by atoms with Crippen LogP contribution >= 0.6 is 11.3 Å². The maximum absolute atomic E-state index is 12.7. The lowest BCUT2D eigenvalue weighted by Crippen LogP contribution is -2.40. The molecule has 0 aliphatic heterocycles. The summed E-state index contributed by atoms with van der Waals surface area (Å²) in [4.78, 5) is 22.2. The summed E-state index contributed by atoms with van der Waals surface area (Å²) in [7, 11) is -2.62. The zero-order valence-electron chi connectivity index (χ0n) is 12.0. The lowest BCUT2D eigenvalue weighted by Gasteiger charge is -2.21. The number of carboxylic acid groups (broad SMARTS) is 1. The minimum Gasteiger partial charge on any atom is -0.477 e. The standard InChI is InChI=1S/C12H18N2O5S2/c1-4-5-14(6-9(15)13-3)21(18,19)11-8(2)7-20-10(11)12(16)17/h7H,4-6H2,1-3H3,(H,13,15)(H,16,17). The van der Waals surface area contributed by atoms with Crippen molar-refractivity contribution < 1.29 is 23.1 Å². The second-order valence-corrected chi connectivity index (χ2v) is 7.15. The molecule has 2 N–H and O–H groups in total. The van der Waals surface area contributed by atoms with Crippen LogP contribution in [0.25, 0.3) is 0 Å². The number of hydrogen-bond acceptors (Lipinski definition) is 5. The lowest BCUT2D eigenvalue weighted by molar-refractivity contribution is -0.120. The number of amides is 1. The molecule has 0 aliphatic carbocycles. The van der Waals surface area contributed by atoms with Crippen molar-refractivity contribution in [3.63, 3.8) is 0 Å². The number of aryl methyl sites for hydroxylation is 1. The summed E-state index contributed by atoms with van der Waals surface area (Å²) in [5.74, 6) is -1.74. The second kappa shape index (κ2) is 7.01. The Kier molecular flexibility index (Phi) is 5.87. The van der Waals surface area contributed by atoms with E-state index in [1.807, 2.05) is 0 Å². The van der Waals surface area contributed by atoms with Crippen LogP contribution in [0, 0.1) is 6.92 Å². The number of carboxylic acids is 1. The SMILES string of the molecule is CCCN(CC(=O)NC)S(=O)(=O)c1c(C)csc1C(=O)O. The van der Waals surface area contributed by atoms with Crippen LogP contribution in [0.15, 0.2) is 10.3 Å². The molecule has 0 radical (unpaired) electrons. The van der Waals surface area contributed by atoms with Crippen LogP contribution in [0.5, 0.6) is 0 Å². The van der Waals surface area contributed by atoms with Crippen LogP contribution in [0.4, 0.5) is 0 Å². The highest BCUT2D eigenvalue weighted by atomic mass is 32.2. The molecule has 0 saturated carbocycles. The topological polar surface area (TPSA) is 104 Å². The van der Waals surface area contributed by atoms with Crippen molar-refractivity contribution in [3.05, 3.63) is 15.8 Å². The third-order valence-corrected chi connectivity index (χ3v) is 6.03. The maximum atomic E-state index is 12.7. The molecular formula is C12H18N2O5S2. The van der Waals surface area contributed by atoms with Gasteiger partial charge in [0.05, 0.1) is 6.54 Å². The number of carbonyl (C=O) groups excluding carboxylic acids is 1. The van der Waals surface area contributed by atoms with E-state index in [4.69, 9.17) is 5.11 Å². The first-order valence-corrected chi connectivity index (χ1v) is 8.59. The van der Waals surface area contributed by atoms with Gasteiger partial charge in [-0.25, -0.2) is 13.2 Å². The largest absolute Gasteiger partial charge is 0.477 e. The van der Waals surface area contributed by atoms with Crippen molar-refractivity contribution in [2.45, 2.75) is 25.2 Å². The molecule has 1 aromatic rings. The van der Waals surface area contributed by atoms with Crippen molar-refractivity contribution in [2.75, 3.05) is 20.1 Å². The third-order valence-electron chi connectivity index (χ3n) is 2.78. The van der Waals surface area contributed by atoms with Crippen LogP contribution < -0.4 is 5.32 Å². The summed E-state index contributed by atoms with van der Waals surface area (Å²) >= 11 is 0.865. The Morgan fingerprint density at radius 1 is 1.43 bits per heavy atom. The fourth-order valence-corrected chi connectivity index (χ4v) is 4.88. The van der Waals surface area contributed by atoms with E-state index in [0.717, 1.165) is 15.6 Å². The number of thiophene rings is 1. The molecule has 0 atom stereocenters. The van der Waals surface area contributed by atoms with Gasteiger partial charge in [-0.1, -0.05) is 6.92 Å². The van der Waals surface area contributed by atoms with E-state index in [1.165, 1.54) is 12.4 Å². The molecule has 118 valence electrons. The molecule has 7 nitrogen and oxygen atoms in total. The smallest absolute Gasteiger partial charge is 0.347 e. The predicted octanol–water partition coefficient (Wildman–Crippen LogP) is 0.901. The zero-order chi connectivity index (χ0) is 16.2. The first-order chi connectivity index (χ1) is 9.75. The molecule has 0 bridgehead atoms. The summed E-state index contributed by atoms with van der Waals surface area (Å²) in [5.41, 5.74) is 0.371. The Labute approximate surface area is 127 Å².